The molecule has 156 valence electrons. The molecule has 1 heterocycles. The molecule has 0 atom stereocenters. The Morgan fingerprint density at radius 2 is 1.58 bits per heavy atom. The summed E-state index contributed by atoms with van der Waals surface area (Å²) in [4.78, 5) is 4.21. The zero-order valence-corrected chi connectivity index (χ0v) is 19.5. The van der Waals surface area contributed by atoms with Crippen molar-refractivity contribution in [2.24, 2.45) is 0 Å². The molecule has 0 bridgehead atoms. The first-order valence-electron chi connectivity index (χ1n) is 10.6. The highest BCUT2D eigenvalue weighted by Crippen LogP contribution is 2.23. The molecule has 31 heavy (non-hydrogen) atoms. The van der Waals surface area contributed by atoms with Gasteiger partial charge in [0.2, 0.25) is 0 Å². The fraction of sp³-hybridized carbons (Fsp3) is 0.148. The molecule has 0 aliphatic heterocycles. The van der Waals surface area contributed by atoms with Gasteiger partial charge in [-0.05, 0) is 68.4 Å². The van der Waals surface area contributed by atoms with Crippen LogP contribution < -0.4 is 10.6 Å². The Morgan fingerprint density at radius 3 is 2.42 bits per heavy atom. The zero-order valence-electron chi connectivity index (χ0n) is 17.4. The second-order valence-corrected chi connectivity index (χ2v) is 8.63. The number of nitrogens with one attached hydrogen (secondary N) is 2. The van der Waals surface area contributed by atoms with Crippen LogP contribution in [0.25, 0.3) is 16.3 Å². The van der Waals surface area contributed by atoms with E-state index >= 15 is 0 Å². The van der Waals surface area contributed by atoms with Gasteiger partial charge in [-0.25, -0.2) is 0 Å². The second kappa shape index (κ2) is 11.2. The number of rotatable bonds is 9. The van der Waals surface area contributed by atoms with E-state index in [-0.39, 0.29) is 0 Å². The van der Waals surface area contributed by atoms with Crippen LogP contribution in [0.3, 0.4) is 0 Å². The van der Waals surface area contributed by atoms with Crippen LogP contribution in [-0.2, 0) is 6.54 Å². The summed E-state index contributed by atoms with van der Waals surface area (Å²) in [6.45, 7) is 3.52. The average molecular weight is 519 g/mol. The molecule has 1 aromatic heterocycles. The van der Waals surface area contributed by atoms with E-state index in [2.05, 4.69) is 123 Å². The van der Waals surface area contributed by atoms with Crippen LogP contribution >= 0.6 is 22.6 Å². The number of pyridine rings is 1. The van der Waals surface area contributed by atoms with Crippen molar-refractivity contribution in [3.05, 3.63) is 118 Å². The lowest BCUT2D eigenvalue weighted by atomic mass is 9.98. The van der Waals surface area contributed by atoms with Crippen LogP contribution in [0, 0.1) is 3.57 Å². The lowest BCUT2D eigenvalue weighted by Gasteiger charge is -2.11. The predicted octanol–water partition coefficient (Wildman–Crippen LogP) is 5.65. The van der Waals surface area contributed by atoms with E-state index in [1.165, 1.54) is 36.6 Å². The van der Waals surface area contributed by atoms with Crippen LogP contribution in [0.2, 0.25) is 0 Å². The van der Waals surface area contributed by atoms with Crippen molar-refractivity contribution in [2.75, 3.05) is 19.6 Å². The molecule has 0 saturated carbocycles. The van der Waals surface area contributed by atoms with Gasteiger partial charge in [0.1, 0.15) is 0 Å². The first-order valence-corrected chi connectivity index (χ1v) is 11.6. The van der Waals surface area contributed by atoms with E-state index in [1.807, 2.05) is 12.4 Å². The predicted molar refractivity (Wildman–Crippen MR) is 139 cm³/mol. The van der Waals surface area contributed by atoms with Gasteiger partial charge in [0.25, 0.3) is 0 Å². The summed E-state index contributed by atoms with van der Waals surface area (Å²) in [5.74, 6) is 0. The molecule has 0 amide bonds. The van der Waals surface area contributed by atoms with Gasteiger partial charge < -0.3 is 10.6 Å². The Kier molecular flexibility index (Phi) is 7.82. The minimum absolute atomic E-state index is 0.831. The number of hydrogen-bond donors (Lipinski definition) is 2. The van der Waals surface area contributed by atoms with Gasteiger partial charge >= 0.3 is 0 Å². The molecular weight excluding hydrogens is 493 g/mol. The SMILES string of the molecule is Ic1ccc(/C(=C\CNCCNCc2cccc3cnccc23)c2ccccc2)cc1. The van der Waals surface area contributed by atoms with Gasteiger partial charge in [-0.1, -0.05) is 66.7 Å². The third kappa shape index (κ3) is 6.00. The Morgan fingerprint density at radius 1 is 0.806 bits per heavy atom. The average Bonchev–Trinajstić information content (AvgIpc) is 2.82. The van der Waals surface area contributed by atoms with E-state index in [1.54, 1.807) is 0 Å². The molecule has 4 aromatic rings. The quantitative estimate of drug-likeness (QED) is 0.222. The van der Waals surface area contributed by atoms with Crippen molar-refractivity contribution >= 4 is 38.9 Å². The Balaban J connectivity index is 1.31. The second-order valence-electron chi connectivity index (χ2n) is 7.39. The molecular formula is C27H26IN3. The van der Waals surface area contributed by atoms with Gasteiger partial charge in [0.15, 0.2) is 0 Å². The van der Waals surface area contributed by atoms with Crippen molar-refractivity contribution in [1.82, 2.24) is 15.6 Å². The van der Waals surface area contributed by atoms with Gasteiger partial charge in [-0.2, -0.15) is 0 Å². The van der Waals surface area contributed by atoms with Crippen molar-refractivity contribution < 1.29 is 0 Å². The van der Waals surface area contributed by atoms with Crippen LogP contribution in [0.1, 0.15) is 16.7 Å². The maximum atomic E-state index is 4.21. The van der Waals surface area contributed by atoms with Crippen molar-refractivity contribution in [1.29, 1.82) is 0 Å². The summed E-state index contributed by atoms with van der Waals surface area (Å²) >= 11 is 2.35. The highest BCUT2D eigenvalue weighted by Gasteiger charge is 2.04. The molecule has 2 N–H and O–H groups in total. The monoisotopic (exact) mass is 519 g/mol. The van der Waals surface area contributed by atoms with Gasteiger partial charge in [0, 0.05) is 47.5 Å². The third-order valence-corrected chi connectivity index (χ3v) is 5.97. The highest BCUT2D eigenvalue weighted by molar-refractivity contribution is 14.1. The maximum Gasteiger partial charge on any atom is 0.0346 e. The van der Waals surface area contributed by atoms with Crippen LogP contribution in [0.15, 0.2) is 97.3 Å². The van der Waals surface area contributed by atoms with Gasteiger partial charge in [0.05, 0.1) is 0 Å². The van der Waals surface area contributed by atoms with Gasteiger partial charge in [-0.15, -0.1) is 0 Å². The lowest BCUT2D eigenvalue weighted by Crippen LogP contribution is -2.27. The molecule has 3 nitrogen and oxygen atoms in total. The standard InChI is InChI=1S/C27H26IN3/c28-25-11-9-22(10-12-25)26(21-5-2-1-3-6-21)13-15-29-17-18-31-20-24-8-4-7-23-19-30-16-14-27(23)24/h1-14,16,19,29,31H,15,17-18,20H2/b26-13-. The molecule has 0 radical (unpaired) electrons. The Labute approximate surface area is 197 Å². The van der Waals surface area contributed by atoms with E-state index in [0.29, 0.717) is 0 Å². The molecule has 0 saturated heterocycles. The van der Waals surface area contributed by atoms with Gasteiger partial charge in [-0.3, -0.25) is 4.98 Å². The van der Waals surface area contributed by atoms with E-state index in [9.17, 15) is 0 Å². The number of halogens is 1. The maximum absolute atomic E-state index is 4.21. The topological polar surface area (TPSA) is 37.0 Å². The first-order chi connectivity index (χ1) is 15.3. The summed E-state index contributed by atoms with van der Waals surface area (Å²) in [5.41, 5.74) is 5.07. The lowest BCUT2D eigenvalue weighted by molar-refractivity contribution is 0.637. The minimum Gasteiger partial charge on any atom is -0.312 e. The molecule has 4 heteroatoms. The number of hydrogen-bond acceptors (Lipinski definition) is 3. The molecule has 0 fully saturated rings. The largest absolute Gasteiger partial charge is 0.312 e. The summed E-state index contributed by atoms with van der Waals surface area (Å²) in [5, 5.41) is 9.55. The Hall–Kier alpha value is -2.54. The van der Waals surface area contributed by atoms with Crippen LogP contribution in [-0.4, -0.2) is 24.6 Å². The number of aromatic nitrogens is 1. The number of fused-ring (bicyclic) bond motifs is 1. The zero-order chi connectivity index (χ0) is 21.3. The molecule has 0 aliphatic rings. The molecule has 3 aromatic carbocycles. The first kappa shape index (κ1) is 21.7. The van der Waals surface area contributed by atoms with Crippen LogP contribution in [0.4, 0.5) is 0 Å². The fourth-order valence-corrected chi connectivity index (χ4v) is 4.03. The molecule has 4 rings (SSSR count). The molecule has 0 spiro atoms. The number of nitrogens with zero attached hydrogens (tertiary/aromatic N) is 1. The summed E-state index contributed by atoms with van der Waals surface area (Å²) in [6.07, 6.45) is 6.07. The normalized spacial score (nSPS) is 11.7. The van der Waals surface area contributed by atoms with Crippen molar-refractivity contribution in [3.8, 4) is 0 Å². The highest BCUT2D eigenvalue weighted by atomic mass is 127. The van der Waals surface area contributed by atoms with Crippen LogP contribution in [0.5, 0.6) is 0 Å². The number of benzene rings is 3. The van der Waals surface area contributed by atoms with Crippen molar-refractivity contribution in [3.63, 3.8) is 0 Å². The summed E-state index contributed by atoms with van der Waals surface area (Å²) in [7, 11) is 0. The fourth-order valence-electron chi connectivity index (χ4n) is 3.67. The van der Waals surface area contributed by atoms with E-state index in [0.717, 1.165) is 26.2 Å². The summed E-state index contributed by atoms with van der Waals surface area (Å²) in [6, 6.07) is 27.8. The van der Waals surface area contributed by atoms with Crippen molar-refractivity contribution in [2.45, 2.75) is 6.54 Å². The summed E-state index contributed by atoms with van der Waals surface area (Å²) < 4.78 is 1.25. The smallest absolute Gasteiger partial charge is 0.0346 e. The van der Waals surface area contributed by atoms with E-state index in [4.69, 9.17) is 0 Å². The molecule has 0 aliphatic carbocycles. The third-order valence-electron chi connectivity index (χ3n) is 5.26. The minimum atomic E-state index is 0.831. The van der Waals surface area contributed by atoms with E-state index < -0.39 is 0 Å². The molecule has 0 unspecified atom stereocenters. The Bertz CT molecular complexity index is 1130.